The molecule has 0 saturated carbocycles. The van der Waals surface area contributed by atoms with Crippen molar-refractivity contribution in [3.63, 3.8) is 0 Å². The topological polar surface area (TPSA) is 98.0 Å². The van der Waals surface area contributed by atoms with Crippen molar-refractivity contribution >= 4 is 48.1 Å². The molecule has 2 aromatic heterocycles. The first kappa shape index (κ1) is 18.7. The molecule has 3 rings (SSSR count). The molecule has 0 atom stereocenters. The predicted octanol–water partition coefficient (Wildman–Crippen LogP) is 3.94. The third-order valence-electron chi connectivity index (χ3n) is 3.31. The van der Waals surface area contributed by atoms with Gasteiger partial charge in [-0.3, -0.25) is 4.72 Å². The van der Waals surface area contributed by atoms with Crippen LogP contribution in [0.5, 0.6) is 0 Å². The molecule has 0 radical (unpaired) electrons. The maximum atomic E-state index is 13.4. The Morgan fingerprint density at radius 1 is 1.23 bits per heavy atom. The number of benzene rings is 1. The third-order valence-corrected chi connectivity index (χ3v) is 6.45. The van der Waals surface area contributed by atoms with Crippen LogP contribution in [0.1, 0.15) is 5.56 Å². The lowest BCUT2D eigenvalue weighted by molar-refractivity contribution is 0.509. The molecule has 0 bridgehead atoms. The highest BCUT2D eigenvalue weighted by atomic mass is 79.9. The summed E-state index contributed by atoms with van der Waals surface area (Å²) in [5.74, 6) is -2.00. The molecule has 0 aliphatic carbocycles. The number of halogens is 3. The molecule has 0 saturated heterocycles. The molecule has 3 N–H and O–H groups in total. The zero-order chi connectivity index (χ0) is 19.1. The zero-order valence-corrected chi connectivity index (χ0v) is 16.3. The molecule has 6 nitrogen and oxygen atoms in total. The third kappa shape index (κ3) is 3.69. The Balaban J connectivity index is 1.95. The average molecular weight is 461 g/mol. The van der Waals surface area contributed by atoms with Gasteiger partial charge < -0.3 is 5.73 Å². The van der Waals surface area contributed by atoms with Crippen LogP contribution in [0.2, 0.25) is 0 Å². The predicted molar refractivity (Wildman–Crippen MR) is 99.4 cm³/mol. The standard InChI is InChI=1S/C15H11BrF2N4O2S2/c1-7-4-9(19)6-20-14(7)26(23,24)22-15-21-12(13(16)25-15)8-2-3-10(17)11(18)5-8/h2-6H,19H2,1H3,(H,21,22). The van der Waals surface area contributed by atoms with E-state index in [1.54, 1.807) is 6.92 Å². The highest BCUT2D eigenvalue weighted by Crippen LogP contribution is 2.36. The summed E-state index contributed by atoms with van der Waals surface area (Å²) in [7, 11) is -3.98. The maximum Gasteiger partial charge on any atom is 0.281 e. The number of aryl methyl sites for hydroxylation is 1. The van der Waals surface area contributed by atoms with Crippen molar-refractivity contribution in [2.75, 3.05) is 10.5 Å². The second-order valence-electron chi connectivity index (χ2n) is 5.27. The summed E-state index contributed by atoms with van der Waals surface area (Å²) in [5, 5.41) is -0.123. The van der Waals surface area contributed by atoms with Crippen LogP contribution in [0.25, 0.3) is 11.3 Å². The molecule has 11 heteroatoms. The second-order valence-corrected chi connectivity index (χ2v) is 9.18. The Morgan fingerprint density at radius 2 is 1.96 bits per heavy atom. The molecule has 3 aromatic rings. The molecule has 2 heterocycles. The van der Waals surface area contributed by atoms with Gasteiger partial charge in [0.25, 0.3) is 10.0 Å². The summed E-state index contributed by atoms with van der Waals surface area (Å²) in [6.45, 7) is 1.57. The summed E-state index contributed by atoms with van der Waals surface area (Å²) in [4.78, 5) is 8.00. The lowest BCUT2D eigenvalue weighted by Gasteiger charge is -2.07. The van der Waals surface area contributed by atoms with E-state index in [2.05, 4.69) is 30.6 Å². The smallest absolute Gasteiger partial charge is 0.281 e. The number of sulfonamides is 1. The van der Waals surface area contributed by atoms with Crippen molar-refractivity contribution in [2.45, 2.75) is 11.9 Å². The quantitative estimate of drug-likeness (QED) is 0.614. The number of nitrogens with two attached hydrogens (primary N) is 1. The van der Waals surface area contributed by atoms with E-state index in [1.165, 1.54) is 18.3 Å². The number of pyridine rings is 1. The van der Waals surface area contributed by atoms with Crippen molar-refractivity contribution < 1.29 is 17.2 Å². The largest absolute Gasteiger partial charge is 0.397 e. The molecule has 0 unspecified atom stereocenters. The second kappa shape index (κ2) is 6.89. The Hall–Kier alpha value is -2.11. The first-order chi connectivity index (χ1) is 12.2. The SMILES string of the molecule is Cc1cc(N)cnc1S(=O)(=O)Nc1nc(-c2ccc(F)c(F)c2)c(Br)s1. The monoisotopic (exact) mass is 460 g/mol. The van der Waals surface area contributed by atoms with E-state index in [1.807, 2.05) is 0 Å². The summed E-state index contributed by atoms with van der Waals surface area (Å²) in [6, 6.07) is 4.80. The fourth-order valence-electron chi connectivity index (χ4n) is 2.20. The van der Waals surface area contributed by atoms with Gasteiger partial charge in [0.05, 0.1) is 21.4 Å². The van der Waals surface area contributed by atoms with Crippen molar-refractivity contribution in [1.29, 1.82) is 0 Å². The number of aromatic nitrogens is 2. The van der Waals surface area contributed by atoms with Crippen molar-refractivity contribution in [3.05, 3.63) is 51.4 Å². The van der Waals surface area contributed by atoms with E-state index in [0.717, 1.165) is 23.5 Å². The van der Waals surface area contributed by atoms with Crippen molar-refractivity contribution in [1.82, 2.24) is 9.97 Å². The number of nitrogens with one attached hydrogen (secondary N) is 1. The van der Waals surface area contributed by atoms with E-state index in [-0.39, 0.29) is 15.9 Å². The fraction of sp³-hybridized carbons (Fsp3) is 0.0667. The fourth-order valence-corrected chi connectivity index (χ4v) is 5.08. The highest BCUT2D eigenvalue weighted by molar-refractivity contribution is 9.11. The first-order valence-electron chi connectivity index (χ1n) is 7.04. The van der Waals surface area contributed by atoms with Crippen LogP contribution >= 0.6 is 27.3 Å². The van der Waals surface area contributed by atoms with Crippen LogP contribution in [-0.2, 0) is 10.0 Å². The number of rotatable bonds is 4. The minimum absolute atomic E-state index is 0.0506. The molecule has 0 fully saturated rings. The van der Waals surface area contributed by atoms with Gasteiger partial charge in [0.2, 0.25) is 0 Å². The molecule has 0 spiro atoms. The zero-order valence-electron chi connectivity index (χ0n) is 13.1. The van der Waals surface area contributed by atoms with E-state index in [0.29, 0.717) is 20.6 Å². The highest BCUT2D eigenvalue weighted by Gasteiger charge is 2.22. The number of hydrogen-bond donors (Lipinski definition) is 2. The van der Waals surface area contributed by atoms with Crippen LogP contribution in [0.3, 0.4) is 0 Å². The minimum Gasteiger partial charge on any atom is -0.397 e. The lowest BCUT2D eigenvalue weighted by atomic mass is 10.2. The molecule has 0 amide bonds. The summed E-state index contributed by atoms with van der Waals surface area (Å²) < 4.78 is 54.3. The van der Waals surface area contributed by atoms with E-state index in [9.17, 15) is 17.2 Å². The number of nitrogen functional groups attached to an aromatic ring is 1. The first-order valence-corrected chi connectivity index (χ1v) is 10.1. The average Bonchev–Trinajstić information content (AvgIpc) is 2.89. The Kier molecular flexibility index (Phi) is 4.95. The van der Waals surface area contributed by atoms with Gasteiger partial charge in [-0.2, -0.15) is 8.42 Å². The van der Waals surface area contributed by atoms with Gasteiger partial charge >= 0.3 is 0 Å². The number of thiazole rings is 1. The Morgan fingerprint density at radius 3 is 2.62 bits per heavy atom. The van der Waals surface area contributed by atoms with Crippen LogP contribution in [0.4, 0.5) is 19.6 Å². The molecule has 0 aliphatic rings. The van der Waals surface area contributed by atoms with Crippen LogP contribution < -0.4 is 10.5 Å². The van der Waals surface area contributed by atoms with E-state index in [4.69, 9.17) is 5.73 Å². The maximum absolute atomic E-state index is 13.4. The molecular weight excluding hydrogens is 450 g/mol. The molecule has 0 aliphatic heterocycles. The van der Waals surface area contributed by atoms with Gasteiger partial charge in [-0.15, -0.1) is 0 Å². The van der Waals surface area contributed by atoms with E-state index < -0.39 is 21.7 Å². The van der Waals surface area contributed by atoms with Gasteiger partial charge in [0, 0.05) is 5.56 Å². The molecule has 1 aromatic carbocycles. The Bertz CT molecular complexity index is 1100. The van der Waals surface area contributed by atoms with Gasteiger partial charge in [-0.25, -0.2) is 18.7 Å². The molecule has 26 heavy (non-hydrogen) atoms. The van der Waals surface area contributed by atoms with Crippen LogP contribution in [0, 0.1) is 18.6 Å². The molecule has 136 valence electrons. The summed E-state index contributed by atoms with van der Waals surface area (Å²) >= 11 is 4.25. The minimum atomic E-state index is -3.98. The number of anilines is 2. The van der Waals surface area contributed by atoms with Crippen molar-refractivity contribution in [3.8, 4) is 11.3 Å². The van der Waals surface area contributed by atoms with Gasteiger partial charge in [0.15, 0.2) is 21.8 Å². The Labute approximate surface area is 160 Å². The van der Waals surface area contributed by atoms with Crippen LogP contribution in [-0.4, -0.2) is 18.4 Å². The summed E-state index contributed by atoms with van der Waals surface area (Å²) in [5.41, 5.74) is 6.90. The van der Waals surface area contributed by atoms with Crippen molar-refractivity contribution in [2.24, 2.45) is 0 Å². The van der Waals surface area contributed by atoms with Gasteiger partial charge in [0.1, 0.15) is 0 Å². The number of hydrogen-bond acceptors (Lipinski definition) is 6. The number of nitrogens with zero attached hydrogens (tertiary/aromatic N) is 2. The van der Waals surface area contributed by atoms with Crippen LogP contribution in [0.15, 0.2) is 39.3 Å². The molecular formula is C15H11BrF2N4O2S2. The summed E-state index contributed by atoms with van der Waals surface area (Å²) in [6.07, 6.45) is 1.24. The van der Waals surface area contributed by atoms with Gasteiger partial charge in [-0.1, -0.05) is 11.3 Å². The lowest BCUT2D eigenvalue weighted by Crippen LogP contribution is -2.16. The normalized spacial score (nSPS) is 11.5. The van der Waals surface area contributed by atoms with E-state index >= 15 is 0 Å². The van der Waals surface area contributed by atoms with Gasteiger partial charge in [-0.05, 0) is 52.7 Å².